The zero-order chi connectivity index (χ0) is 31.1. The molecule has 42 heavy (non-hydrogen) atoms. The van der Waals surface area contributed by atoms with Gasteiger partial charge >= 0.3 is 5.69 Å². The van der Waals surface area contributed by atoms with Crippen LogP contribution in [0.25, 0.3) is 11.3 Å². The van der Waals surface area contributed by atoms with Gasteiger partial charge in [-0.05, 0) is 58.7 Å². The third-order valence-electron chi connectivity index (χ3n) is 6.48. The predicted molar refractivity (Wildman–Crippen MR) is 157 cm³/mol. The average Bonchev–Trinajstić information content (AvgIpc) is 3.40. The van der Waals surface area contributed by atoms with E-state index in [4.69, 9.17) is 7.85 Å². The lowest BCUT2D eigenvalue weighted by Gasteiger charge is -2.25. The summed E-state index contributed by atoms with van der Waals surface area (Å²) in [6.07, 6.45) is 9.02. The highest BCUT2D eigenvalue weighted by Gasteiger charge is 2.28. The van der Waals surface area contributed by atoms with Crippen LogP contribution in [-0.2, 0) is 25.7 Å². The molecule has 0 saturated heterocycles. The second-order valence-corrected chi connectivity index (χ2v) is 10.8. The van der Waals surface area contributed by atoms with Crippen LogP contribution < -0.4 is 21.6 Å². The molecule has 0 unspecified atom stereocenters. The molecule has 0 aromatic carbocycles. The second-order valence-electron chi connectivity index (χ2n) is 10.8. The molecule has 14 nitrogen and oxygen atoms in total. The Bertz CT molecular complexity index is 1210. The maximum atomic E-state index is 13.1. The first-order valence-corrected chi connectivity index (χ1v) is 14.2. The fourth-order valence-electron chi connectivity index (χ4n) is 4.14. The van der Waals surface area contributed by atoms with Crippen LogP contribution >= 0.6 is 0 Å². The lowest BCUT2D eigenvalue weighted by Crippen LogP contribution is -2.55. The molecule has 0 bridgehead atoms. The highest BCUT2D eigenvalue weighted by atomic mass is 16.2. The predicted octanol–water partition coefficient (Wildman–Crippen LogP) is -0.242. The Labute approximate surface area is 247 Å². The van der Waals surface area contributed by atoms with Gasteiger partial charge in [0.25, 0.3) is 0 Å². The Kier molecular flexibility index (Phi) is 14.6. The summed E-state index contributed by atoms with van der Waals surface area (Å²) in [5.41, 5.74) is 0.138. The molecule has 2 aromatic rings. The standard InChI is InChI=1S/C27H42BN9O5/c1-18(2)24(26(41)32-20(10-7-9-12-36(3)4)25(40)29-16-22(28)38)33-23(39)11-6-5-8-13-37-17-21(34-35-37)19-14-30-27(42)31-15-19/h14-15,17-18,20,24H,5-13,16H2,1-4H3,(H,29,40)(H,32,41)(H,33,39)(H,30,31,42)/t20-,24-/m0/s1. The smallest absolute Gasteiger partial charge is 0.344 e. The van der Waals surface area contributed by atoms with Gasteiger partial charge < -0.3 is 30.6 Å². The molecule has 4 N–H and O–H groups in total. The third kappa shape index (κ3) is 12.7. The fraction of sp³-hybridized carbons (Fsp3) is 0.630. The Hall–Kier alpha value is -3.88. The van der Waals surface area contributed by atoms with Crippen molar-refractivity contribution in [2.75, 3.05) is 27.2 Å². The van der Waals surface area contributed by atoms with E-state index >= 15 is 0 Å². The van der Waals surface area contributed by atoms with E-state index in [-0.39, 0.29) is 24.8 Å². The van der Waals surface area contributed by atoms with Crippen LogP contribution in [-0.4, -0.2) is 100 Å². The minimum absolute atomic E-state index is 0.212. The molecule has 2 aromatic heterocycles. The molecule has 2 rings (SSSR count). The Morgan fingerprint density at radius 2 is 1.81 bits per heavy atom. The van der Waals surface area contributed by atoms with Gasteiger partial charge in [-0.15, -0.1) is 5.10 Å². The Morgan fingerprint density at radius 1 is 1.05 bits per heavy atom. The molecule has 228 valence electrons. The molecule has 0 saturated carbocycles. The number of hydrogen-bond acceptors (Lipinski definition) is 9. The van der Waals surface area contributed by atoms with E-state index in [1.165, 1.54) is 12.4 Å². The number of carbonyl (C=O) groups is 4. The lowest BCUT2D eigenvalue weighted by atomic mass is 10.0. The van der Waals surface area contributed by atoms with Crippen molar-refractivity contribution in [3.05, 3.63) is 29.1 Å². The summed E-state index contributed by atoms with van der Waals surface area (Å²) < 4.78 is 1.69. The molecule has 0 aliphatic rings. The molecule has 2 atom stereocenters. The fourth-order valence-corrected chi connectivity index (χ4v) is 4.14. The second kappa shape index (κ2) is 17.8. The summed E-state index contributed by atoms with van der Waals surface area (Å²) in [4.78, 5) is 68.9. The number of aryl methyl sites for hydroxylation is 1. The van der Waals surface area contributed by atoms with Crippen LogP contribution in [0, 0.1) is 5.92 Å². The molecule has 0 fully saturated rings. The van der Waals surface area contributed by atoms with Gasteiger partial charge in [0.1, 0.15) is 17.8 Å². The molecule has 0 spiro atoms. The van der Waals surface area contributed by atoms with E-state index in [9.17, 15) is 24.0 Å². The summed E-state index contributed by atoms with van der Waals surface area (Å²) in [6.45, 7) is 4.76. The SMILES string of the molecule is [B]C(=O)CNC(=O)[C@H](CCCCN(C)C)NC(=O)[C@@H](NC(=O)CCCCCn1cc(-c2cnc(=O)[nH]c2)nn1)C(C)C. The van der Waals surface area contributed by atoms with Crippen molar-refractivity contribution in [2.45, 2.75) is 77.4 Å². The summed E-state index contributed by atoms with van der Waals surface area (Å²) >= 11 is 0. The Morgan fingerprint density at radius 3 is 2.45 bits per heavy atom. The lowest BCUT2D eigenvalue weighted by molar-refractivity contribution is -0.133. The van der Waals surface area contributed by atoms with E-state index in [0.717, 1.165) is 25.8 Å². The minimum atomic E-state index is -0.852. The first-order chi connectivity index (χ1) is 20.0. The largest absolute Gasteiger partial charge is 0.348 e. The molecule has 2 heterocycles. The van der Waals surface area contributed by atoms with Gasteiger partial charge in [-0.25, -0.2) is 9.78 Å². The highest BCUT2D eigenvalue weighted by molar-refractivity contribution is 6.58. The molecule has 0 aliphatic carbocycles. The number of aromatic amines is 1. The number of hydrogen-bond donors (Lipinski definition) is 4. The Balaban J connectivity index is 1.81. The summed E-state index contributed by atoms with van der Waals surface area (Å²) in [5.74, 6) is -1.41. The van der Waals surface area contributed by atoms with Crippen molar-refractivity contribution >= 4 is 31.3 Å². The third-order valence-corrected chi connectivity index (χ3v) is 6.48. The van der Waals surface area contributed by atoms with Crippen molar-refractivity contribution in [2.24, 2.45) is 5.92 Å². The van der Waals surface area contributed by atoms with Gasteiger partial charge in [0.15, 0.2) is 7.85 Å². The molecule has 3 amide bonds. The van der Waals surface area contributed by atoms with Crippen LogP contribution in [0.15, 0.2) is 23.4 Å². The van der Waals surface area contributed by atoms with Crippen molar-refractivity contribution < 1.29 is 19.2 Å². The highest BCUT2D eigenvalue weighted by Crippen LogP contribution is 2.13. The van der Waals surface area contributed by atoms with Crippen LogP contribution in [0.3, 0.4) is 0 Å². The number of unbranched alkanes of at least 4 members (excludes halogenated alkanes) is 3. The normalized spacial score (nSPS) is 12.6. The van der Waals surface area contributed by atoms with E-state index < -0.39 is 35.3 Å². The maximum Gasteiger partial charge on any atom is 0.344 e. The minimum Gasteiger partial charge on any atom is -0.348 e. The summed E-state index contributed by atoms with van der Waals surface area (Å²) in [5, 5.41) is 16.2. The van der Waals surface area contributed by atoms with Gasteiger partial charge in [-0.2, -0.15) is 0 Å². The zero-order valence-corrected chi connectivity index (χ0v) is 24.9. The van der Waals surface area contributed by atoms with E-state index in [1.807, 2.05) is 32.8 Å². The van der Waals surface area contributed by atoms with Gasteiger partial charge in [0.05, 0.1) is 18.4 Å². The maximum absolute atomic E-state index is 13.1. The number of H-pyrrole nitrogens is 1. The number of nitrogens with one attached hydrogen (secondary N) is 4. The topological polar surface area (TPSA) is 184 Å². The number of amides is 3. The van der Waals surface area contributed by atoms with Crippen molar-refractivity contribution in [3.8, 4) is 11.3 Å². The van der Waals surface area contributed by atoms with Crippen LogP contribution in [0.4, 0.5) is 0 Å². The summed E-state index contributed by atoms with van der Waals surface area (Å²) in [7, 11) is 9.05. The molecule has 0 aliphatic heterocycles. The number of nitrogens with zero attached hydrogens (tertiary/aromatic N) is 5. The average molecular weight is 584 g/mol. The van der Waals surface area contributed by atoms with E-state index in [1.54, 1.807) is 10.9 Å². The summed E-state index contributed by atoms with van der Waals surface area (Å²) in [6, 6.07) is -1.67. The monoisotopic (exact) mass is 583 g/mol. The quantitative estimate of drug-likeness (QED) is 0.128. The van der Waals surface area contributed by atoms with E-state index in [2.05, 4.69) is 36.2 Å². The molecular weight excluding hydrogens is 541 g/mol. The molecule has 2 radical (unpaired) electrons. The van der Waals surface area contributed by atoms with Gasteiger partial charge in [0, 0.05) is 30.9 Å². The van der Waals surface area contributed by atoms with Crippen molar-refractivity contribution in [1.82, 2.24) is 45.8 Å². The van der Waals surface area contributed by atoms with Crippen LogP contribution in [0.2, 0.25) is 0 Å². The molecule has 15 heteroatoms. The van der Waals surface area contributed by atoms with Crippen molar-refractivity contribution in [1.29, 1.82) is 0 Å². The molecular formula is C27H42BN9O5. The first-order valence-electron chi connectivity index (χ1n) is 14.2. The first kappa shape index (κ1) is 34.3. The van der Waals surface area contributed by atoms with Crippen LogP contribution in [0.5, 0.6) is 0 Å². The van der Waals surface area contributed by atoms with Crippen LogP contribution in [0.1, 0.15) is 58.8 Å². The van der Waals surface area contributed by atoms with Gasteiger partial charge in [-0.1, -0.05) is 25.5 Å². The number of rotatable bonds is 19. The van der Waals surface area contributed by atoms with E-state index in [0.29, 0.717) is 37.1 Å². The zero-order valence-electron chi connectivity index (χ0n) is 24.9. The van der Waals surface area contributed by atoms with Gasteiger partial charge in [0.2, 0.25) is 17.7 Å². The number of carbonyl (C=O) groups excluding carboxylic acids is 4. The number of aromatic nitrogens is 5. The van der Waals surface area contributed by atoms with Gasteiger partial charge in [-0.3, -0.25) is 19.1 Å². The van der Waals surface area contributed by atoms with Crippen molar-refractivity contribution in [3.63, 3.8) is 0 Å².